The highest BCUT2D eigenvalue weighted by Crippen LogP contribution is 2.20. The van der Waals surface area contributed by atoms with Crippen molar-refractivity contribution in [3.05, 3.63) is 29.8 Å². The van der Waals surface area contributed by atoms with Gasteiger partial charge in [0.15, 0.2) is 0 Å². The lowest BCUT2D eigenvalue weighted by molar-refractivity contribution is -0.124. The van der Waals surface area contributed by atoms with E-state index in [0.717, 1.165) is 24.2 Å². The molecule has 1 saturated heterocycles. The highest BCUT2D eigenvalue weighted by molar-refractivity contribution is 5.77. The van der Waals surface area contributed by atoms with E-state index in [1.807, 2.05) is 24.3 Å². The fraction of sp³-hybridized carbons (Fsp3) is 0.562. The normalized spacial score (nSPS) is 17.2. The minimum atomic E-state index is -0.282. The van der Waals surface area contributed by atoms with Gasteiger partial charge in [0, 0.05) is 26.2 Å². The smallest absolute Gasteiger partial charge is 0.220 e. The molecule has 5 heteroatoms. The van der Waals surface area contributed by atoms with E-state index in [0.29, 0.717) is 32.6 Å². The van der Waals surface area contributed by atoms with E-state index >= 15 is 0 Å². The van der Waals surface area contributed by atoms with Gasteiger partial charge in [0.25, 0.3) is 0 Å². The zero-order valence-electron chi connectivity index (χ0n) is 12.6. The standard InChI is InChI=1S/C16H24N2O3/c1-20-14-5-2-13(3-6-14)4-7-15(19)18-16(12-17)8-10-21-11-9-16/h2-3,5-6H,4,7-12,17H2,1H3,(H,18,19). The molecule has 0 unspecified atom stereocenters. The van der Waals surface area contributed by atoms with Gasteiger partial charge in [-0.3, -0.25) is 4.79 Å². The summed E-state index contributed by atoms with van der Waals surface area (Å²) in [7, 11) is 1.64. The molecule has 3 N–H and O–H groups in total. The van der Waals surface area contributed by atoms with Crippen LogP contribution in [0.1, 0.15) is 24.8 Å². The van der Waals surface area contributed by atoms with Crippen molar-refractivity contribution in [1.82, 2.24) is 5.32 Å². The monoisotopic (exact) mass is 292 g/mol. The number of aryl methyl sites for hydroxylation is 1. The molecule has 1 aliphatic rings. The number of benzene rings is 1. The van der Waals surface area contributed by atoms with Crippen LogP contribution in [-0.4, -0.2) is 38.3 Å². The first-order valence-corrected chi connectivity index (χ1v) is 7.39. The van der Waals surface area contributed by atoms with Gasteiger partial charge in [0.05, 0.1) is 12.6 Å². The fourth-order valence-electron chi connectivity index (χ4n) is 2.55. The molecule has 2 rings (SSSR count). The number of methoxy groups -OCH3 is 1. The lowest BCUT2D eigenvalue weighted by Gasteiger charge is -2.37. The predicted octanol–water partition coefficient (Wildman–Crippen LogP) is 1.25. The highest BCUT2D eigenvalue weighted by atomic mass is 16.5. The molecule has 0 aromatic heterocycles. The number of nitrogens with two attached hydrogens (primary N) is 1. The molecule has 21 heavy (non-hydrogen) atoms. The van der Waals surface area contributed by atoms with Crippen LogP contribution in [-0.2, 0) is 16.0 Å². The van der Waals surface area contributed by atoms with E-state index in [4.69, 9.17) is 15.2 Å². The molecule has 1 heterocycles. The minimum Gasteiger partial charge on any atom is -0.497 e. The van der Waals surface area contributed by atoms with E-state index in [9.17, 15) is 4.79 Å². The predicted molar refractivity (Wildman–Crippen MR) is 81.3 cm³/mol. The van der Waals surface area contributed by atoms with Gasteiger partial charge < -0.3 is 20.5 Å². The Balaban J connectivity index is 1.83. The average Bonchev–Trinajstić information content (AvgIpc) is 2.54. The minimum absolute atomic E-state index is 0.0539. The first-order chi connectivity index (χ1) is 10.2. The average molecular weight is 292 g/mol. The topological polar surface area (TPSA) is 73.6 Å². The first kappa shape index (κ1) is 15.8. The number of carbonyl (C=O) groups is 1. The van der Waals surface area contributed by atoms with E-state index in [1.165, 1.54) is 0 Å². The van der Waals surface area contributed by atoms with Crippen molar-refractivity contribution in [3.8, 4) is 5.75 Å². The van der Waals surface area contributed by atoms with Crippen LogP contribution >= 0.6 is 0 Å². The molecule has 1 aliphatic heterocycles. The molecule has 1 amide bonds. The van der Waals surface area contributed by atoms with Crippen molar-refractivity contribution >= 4 is 5.91 Å². The maximum atomic E-state index is 12.1. The number of carbonyl (C=O) groups excluding carboxylic acids is 1. The molecule has 1 fully saturated rings. The van der Waals surface area contributed by atoms with Gasteiger partial charge in [-0.2, -0.15) is 0 Å². The van der Waals surface area contributed by atoms with Gasteiger partial charge in [-0.05, 0) is 37.0 Å². The Morgan fingerprint density at radius 3 is 2.57 bits per heavy atom. The van der Waals surface area contributed by atoms with E-state index in [-0.39, 0.29) is 11.4 Å². The van der Waals surface area contributed by atoms with Crippen LogP contribution < -0.4 is 15.8 Å². The molecule has 0 bridgehead atoms. The zero-order valence-corrected chi connectivity index (χ0v) is 12.6. The van der Waals surface area contributed by atoms with Gasteiger partial charge in [-0.25, -0.2) is 0 Å². The van der Waals surface area contributed by atoms with Gasteiger partial charge in [0.1, 0.15) is 5.75 Å². The van der Waals surface area contributed by atoms with Crippen molar-refractivity contribution in [3.63, 3.8) is 0 Å². The summed E-state index contributed by atoms with van der Waals surface area (Å²) < 4.78 is 10.5. The quantitative estimate of drug-likeness (QED) is 0.827. The molecular formula is C16H24N2O3. The summed E-state index contributed by atoms with van der Waals surface area (Å²) >= 11 is 0. The number of nitrogens with one attached hydrogen (secondary N) is 1. The molecule has 0 saturated carbocycles. The molecule has 0 atom stereocenters. The van der Waals surface area contributed by atoms with Crippen LogP contribution in [0.5, 0.6) is 5.75 Å². The van der Waals surface area contributed by atoms with Gasteiger partial charge >= 0.3 is 0 Å². The third-order valence-corrected chi connectivity index (χ3v) is 4.05. The van der Waals surface area contributed by atoms with Crippen LogP contribution in [0.15, 0.2) is 24.3 Å². The van der Waals surface area contributed by atoms with Crippen molar-refractivity contribution in [2.45, 2.75) is 31.2 Å². The van der Waals surface area contributed by atoms with Crippen molar-refractivity contribution < 1.29 is 14.3 Å². The summed E-state index contributed by atoms with van der Waals surface area (Å²) in [5, 5.41) is 3.11. The lowest BCUT2D eigenvalue weighted by Crippen LogP contribution is -2.56. The van der Waals surface area contributed by atoms with Crippen LogP contribution in [0.4, 0.5) is 0 Å². The molecule has 1 aromatic carbocycles. The molecule has 0 spiro atoms. The number of amides is 1. The Kier molecular flexibility index (Phi) is 5.59. The molecule has 5 nitrogen and oxygen atoms in total. The number of ether oxygens (including phenoxy) is 2. The second-order valence-corrected chi connectivity index (χ2v) is 5.49. The molecule has 1 aromatic rings. The van der Waals surface area contributed by atoms with Gasteiger partial charge in [-0.1, -0.05) is 12.1 Å². The summed E-state index contributed by atoms with van der Waals surface area (Å²) in [6.07, 6.45) is 2.76. The Bertz CT molecular complexity index is 453. The first-order valence-electron chi connectivity index (χ1n) is 7.39. The van der Waals surface area contributed by atoms with E-state index in [2.05, 4.69) is 5.32 Å². The maximum Gasteiger partial charge on any atom is 0.220 e. The number of hydrogen-bond donors (Lipinski definition) is 2. The zero-order chi connectivity index (χ0) is 15.1. The largest absolute Gasteiger partial charge is 0.497 e. The molecule has 116 valence electrons. The van der Waals surface area contributed by atoms with Gasteiger partial charge in [-0.15, -0.1) is 0 Å². The van der Waals surface area contributed by atoms with E-state index in [1.54, 1.807) is 7.11 Å². The second-order valence-electron chi connectivity index (χ2n) is 5.49. The van der Waals surface area contributed by atoms with Gasteiger partial charge in [0.2, 0.25) is 5.91 Å². The maximum absolute atomic E-state index is 12.1. The fourth-order valence-corrected chi connectivity index (χ4v) is 2.55. The third-order valence-electron chi connectivity index (χ3n) is 4.05. The van der Waals surface area contributed by atoms with E-state index < -0.39 is 0 Å². The summed E-state index contributed by atoms with van der Waals surface area (Å²) in [6, 6.07) is 7.79. The van der Waals surface area contributed by atoms with Crippen molar-refractivity contribution in [2.24, 2.45) is 5.73 Å². The molecule has 0 radical (unpaired) electrons. The Morgan fingerprint density at radius 2 is 2.00 bits per heavy atom. The number of rotatable bonds is 6. The van der Waals surface area contributed by atoms with Crippen LogP contribution in [0.2, 0.25) is 0 Å². The van der Waals surface area contributed by atoms with Crippen molar-refractivity contribution in [1.29, 1.82) is 0 Å². The highest BCUT2D eigenvalue weighted by Gasteiger charge is 2.32. The Hall–Kier alpha value is -1.59. The Labute approximate surface area is 125 Å². The SMILES string of the molecule is COc1ccc(CCC(=O)NC2(CN)CCOCC2)cc1. The number of hydrogen-bond acceptors (Lipinski definition) is 4. The lowest BCUT2D eigenvalue weighted by atomic mass is 9.90. The summed E-state index contributed by atoms with van der Waals surface area (Å²) in [4.78, 5) is 12.1. The molecule has 0 aliphatic carbocycles. The summed E-state index contributed by atoms with van der Waals surface area (Å²) in [6.45, 7) is 1.79. The third kappa shape index (κ3) is 4.44. The second kappa shape index (κ2) is 7.43. The Morgan fingerprint density at radius 1 is 1.33 bits per heavy atom. The summed E-state index contributed by atoms with van der Waals surface area (Å²) in [5.41, 5.74) is 6.68. The van der Waals surface area contributed by atoms with Crippen molar-refractivity contribution in [2.75, 3.05) is 26.9 Å². The van der Waals surface area contributed by atoms with Crippen LogP contribution in [0.3, 0.4) is 0 Å². The van der Waals surface area contributed by atoms with Crippen LogP contribution in [0, 0.1) is 0 Å². The summed E-state index contributed by atoms with van der Waals surface area (Å²) in [5.74, 6) is 0.880. The molecular weight excluding hydrogens is 268 g/mol. The van der Waals surface area contributed by atoms with Crippen LogP contribution in [0.25, 0.3) is 0 Å².